The number of hydrogen-bond acceptors (Lipinski definition) is 3. The molecule has 0 aromatic carbocycles. The lowest BCUT2D eigenvalue weighted by molar-refractivity contribution is 0.107. The molecule has 1 aromatic rings. The number of carbonyl (C=O) groups excluding carboxylic acids is 1. The van der Waals surface area contributed by atoms with Crippen molar-refractivity contribution in [3.05, 3.63) is 11.9 Å². The van der Waals surface area contributed by atoms with Gasteiger partial charge in [0.25, 0.3) is 5.24 Å². The van der Waals surface area contributed by atoms with Crippen LogP contribution in [0.2, 0.25) is 0 Å². The van der Waals surface area contributed by atoms with E-state index in [9.17, 15) is 4.79 Å². The van der Waals surface area contributed by atoms with Crippen molar-refractivity contribution in [2.45, 2.75) is 5.16 Å². The number of aromatic nitrogens is 2. The zero-order valence-electron chi connectivity index (χ0n) is 5.21. The van der Waals surface area contributed by atoms with Crippen molar-refractivity contribution in [1.82, 2.24) is 9.55 Å². The highest BCUT2D eigenvalue weighted by Gasteiger charge is 2.08. The van der Waals surface area contributed by atoms with E-state index in [4.69, 9.17) is 11.6 Å². The lowest BCUT2D eigenvalue weighted by atomic mass is 10.5. The minimum Gasteiger partial charge on any atom is -0.319 e. The number of carbonyl (C=O) groups is 1. The van der Waals surface area contributed by atoms with Gasteiger partial charge in [-0.15, -0.1) is 12.6 Å². The molecule has 1 heterocycles. The molecule has 0 saturated heterocycles. The Bertz CT molecular complexity index is 271. The van der Waals surface area contributed by atoms with Gasteiger partial charge in [-0.25, -0.2) is 4.98 Å². The van der Waals surface area contributed by atoms with E-state index in [0.29, 0.717) is 10.9 Å². The lowest BCUT2D eigenvalue weighted by Gasteiger charge is -1.94. The average Bonchev–Trinajstić information content (AvgIpc) is 2.14. The molecule has 0 atom stereocenters. The summed E-state index contributed by atoms with van der Waals surface area (Å²) in [6.07, 6.45) is 1.39. The Labute approximate surface area is 68.4 Å². The Kier molecular flexibility index (Phi) is 2.01. The molecule has 0 fully saturated rings. The molecule has 0 aliphatic carbocycles. The number of nitrogens with zero attached hydrogens (tertiary/aromatic N) is 2. The zero-order valence-corrected chi connectivity index (χ0v) is 6.86. The fourth-order valence-corrected chi connectivity index (χ4v) is 0.923. The Balaban J connectivity index is 3.17. The van der Waals surface area contributed by atoms with Crippen LogP contribution < -0.4 is 0 Å². The van der Waals surface area contributed by atoms with Gasteiger partial charge in [0.15, 0.2) is 5.16 Å². The normalized spacial score (nSPS) is 9.90. The molecule has 0 radical (unpaired) electrons. The predicted molar refractivity (Wildman–Crippen MR) is 40.6 cm³/mol. The van der Waals surface area contributed by atoms with Crippen LogP contribution in [0.25, 0.3) is 0 Å². The van der Waals surface area contributed by atoms with Gasteiger partial charge in [0.05, 0.1) is 6.20 Å². The van der Waals surface area contributed by atoms with Gasteiger partial charge in [0.2, 0.25) is 0 Å². The van der Waals surface area contributed by atoms with Crippen LogP contribution in [-0.4, -0.2) is 14.8 Å². The van der Waals surface area contributed by atoms with E-state index in [2.05, 4.69) is 17.6 Å². The van der Waals surface area contributed by atoms with Crippen molar-refractivity contribution >= 4 is 29.5 Å². The van der Waals surface area contributed by atoms with Crippen LogP contribution >= 0.6 is 24.2 Å². The summed E-state index contributed by atoms with van der Waals surface area (Å²) >= 11 is 9.14. The van der Waals surface area contributed by atoms with E-state index < -0.39 is 5.24 Å². The minimum atomic E-state index is -0.518. The molecule has 54 valence electrons. The van der Waals surface area contributed by atoms with Crippen molar-refractivity contribution in [2.75, 3.05) is 0 Å². The summed E-state index contributed by atoms with van der Waals surface area (Å²) in [5.41, 5.74) is 0.353. The second-order valence-corrected chi connectivity index (χ2v) is 2.52. The summed E-state index contributed by atoms with van der Waals surface area (Å²) < 4.78 is 1.51. The van der Waals surface area contributed by atoms with Crippen LogP contribution in [0.15, 0.2) is 11.4 Å². The van der Waals surface area contributed by atoms with E-state index in [1.807, 2.05) is 0 Å². The first-order valence-electron chi connectivity index (χ1n) is 2.53. The third kappa shape index (κ3) is 1.17. The van der Waals surface area contributed by atoms with Crippen molar-refractivity contribution < 1.29 is 4.79 Å². The lowest BCUT2D eigenvalue weighted by Crippen LogP contribution is -1.99. The van der Waals surface area contributed by atoms with Gasteiger partial charge in [-0.1, -0.05) is 0 Å². The summed E-state index contributed by atoms with van der Waals surface area (Å²) in [5, 5.41) is -0.0423. The third-order valence-electron chi connectivity index (χ3n) is 1.17. The van der Waals surface area contributed by atoms with Crippen LogP contribution in [0.3, 0.4) is 0 Å². The molecular formula is C5H5ClN2OS. The Morgan fingerprint density at radius 2 is 2.50 bits per heavy atom. The first kappa shape index (κ1) is 7.63. The highest BCUT2D eigenvalue weighted by atomic mass is 35.5. The molecule has 0 spiro atoms. The Morgan fingerprint density at radius 3 is 2.70 bits per heavy atom. The fraction of sp³-hybridized carbons (Fsp3) is 0.200. The largest absolute Gasteiger partial charge is 0.319 e. The number of rotatable bonds is 1. The Hall–Kier alpha value is -0.480. The topological polar surface area (TPSA) is 34.9 Å². The van der Waals surface area contributed by atoms with E-state index >= 15 is 0 Å². The molecule has 5 heteroatoms. The first-order valence-corrected chi connectivity index (χ1v) is 3.36. The smallest absolute Gasteiger partial charge is 0.270 e. The van der Waals surface area contributed by atoms with E-state index in [-0.39, 0.29) is 0 Å². The van der Waals surface area contributed by atoms with Crippen molar-refractivity contribution in [3.63, 3.8) is 0 Å². The SMILES string of the molecule is Cn1c(C(=O)Cl)cnc1S. The average molecular weight is 177 g/mol. The molecular weight excluding hydrogens is 172 g/mol. The first-order chi connectivity index (χ1) is 4.63. The number of thiol groups is 1. The monoisotopic (exact) mass is 176 g/mol. The highest BCUT2D eigenvalue weighted by molar-refractivity contribution is 7.80. The van der Waals surface area contributed by atoms with Gasteiger partial charge in [-0.2, -0.15) is 0 Å². The van der Waals surface area contributed by atoms with Crippen molar-refractivity contribution in [3.8, 4) is 0 Å². The minimum absolute atomic E-state index is 0.353. The quantitative estimate of drug-likeness (QED) is 0.514. The van der Waals surface area contributed by atoms with Crippen LogP contribution in [-0.2, 0) is 7.05 Å². The highest BCUT2D eigenvalue weighted by Crippen LogP contribution is 2.08. The zero-order chi connectivity index (χ0) is 7.72. The van der Waals surface area contributed by atoms with Gasteiger partial charge in [0, 0.05) is 7.05 Å². The molecule has 0 bridgehead atoms. The molecule has 1 rings (SSSR count). The van der Waals surface area contributed by atoms with Gasteiger partial charge in [-0.3, -0.25) is 4.79 Å². The second kappa shape index (κ2) is 2.64. The molecule has 0 amide bonds. The molecule has 0 N–H and O–H groups in total. The third-order valence-corrected chi connectivity index (χ3v) is 1.77. The fourth-order valence-electron chi connectivity index (χ4n) is 0.582. The number of halogens is 1. The number of imidazole rings is 1. The second-order valence-electron chi connectivity index (χ2n) is 1.78. The maximum absolute atomic E-state index is 10.6. The van der Waals surface area contributed by atoms with E-state index in [1.165, 1.54) is 10.8 Å². The van der Waals surface area contributed by atoms with Gasteiger partial charge < -0.3 is 4.57 Å². The van der Waals surface area contributed by atoms with Gasteiger partial charge >= 0.3 is 0 Å². The maximum atomic E-state index is 10.6. The molecule has 3 nitrogen and oxygen atoms in total. The standard InChI is InChI=1S/C5H5ClN2OS/c1-8-3(4(6)9)2-7-5(8)10/h2H,1H3,(H,7,10). The summed E-state index contributed by atoms with van der Waals surface area (Å²) in [7, 11) is 1.67. The van der Waals surface area contributed by atoms with Crippen molar-refractivity contribution in [2.24, 2.45) is 7.05 Å². The summed E-state index contributed by atoms with van der Waals surface area (Å²) in [6.45, 7) is 0. The Morgan fingerprint density at radius 1 is 1.90 bits per heavy atom. The van der Waals surface area contributed by atoms with Gasteiger partial charge in [-0.05, 0) is 11.6 Å². The molecule has 0 unspecified atom stereocenters. The van der Waals surface area contributed by atoms with E-state index in [0.717, 1.165) is 0 Å². The van der Waals surface area contributed by atoms with Crippen molar-refractivity contribution in [1.29, 1.82) is 0 Å². The van der Waals surface area contributed by atoms with Crippen LogP contribution in [0, 0.1) is 0 Å². The summed E-state index contributed by atoms with van der Waals surface area (Å²) in [5.74, 6) is 0. The van der Waals surface area contributed by atoms with E-state index in [1.54, 1.807) is 7.05 Å². The summed E-state index contributed by atoms with van der Waals surface area (Å²) in [6, 6.07) is 0. The molecule has 0 aliphatic heterocycles. The molecule has 1 aromatic heterocycles. The number of hydrogen-bond donors (Lipinski definition) is 1. The van der Waals surface area contributed by atoms with Crippen LogP contribution in [0.4, 0.5) is 0 Å². The maximum Gasteiger partial charge on any atom is 0.270 e. The molecule has 10 heavy (non-hydrogen) atoms. The molecule has 0 saturated carbocycles. The van der Waals surface area contributed by atoms with Gasteiger partial charge in [0.1, 0.15) is 5.69 Å². The predicted octanol–water partition coefficient (Wildman–Crippen LogP) is 1.09. The van der Waals surface area contributed by atoms with Crippen LogP contribution in [0.5, 0.6) is 0 Å². The molecule has 0 aliphatic rings. The summed E-state index contributed by atoms with van der Waals surface area (Å²) in [4.78, 5) is 14.3. The van der Waals surface area contributed by atoms with Crippen LogP contribution in [0.1, 0.15) is 10.5 Å².